The molecular formula is C32H33N5O7S2. The van der Waals surface area contributed by atoms with Crippen LogP contribution in [-0.4, -0.2) is 85.1 Å². The largest absolute Gasteiger partial charge is 0.457 e. The van der Waals surface area contributed by atoms with Crippen LogP contribution in [0.1, 0.15) is 28.5 Å². The van der Waals surface area contributed by atoms with Gasteiger partial charge in [0, 0.05) is 55.1 Å². The minimum absolute atomic E-state index is 0.0658. The van der Waals surface area contributed by atoms with E-state index in [-0.39, 0.29) is 28.9 Å². The summed E-state index contributed by atoms with van der Waals surface area (Å²) in [4.78, 5) is 50.7. The van der Waals surface area contributed by atoms with E-state index in [2.05, 4.69) is 15.3 Å². The van der Waals surface area contributed by atoms with Gasteiger partial charge in [0.25, 0.3) is 5.91 Å². The quantitative estimate of drug-likeness (QED) is 0.267. The number of nitrogens with one attached hydrogen (secondary N) is 1. The van der Waals surface area contributed by atoms with Crippen LogP contribution in [0.25, 0.3) is 11.3 Å². The fourth-order valence-corrected chi connectivity index (χ4v) is 6.18. The van der Waals surface area contributed by atoms with E-state index >= 15 is 0 Å². The summed E-state index contributed by atoms with van der Waals surface area (Å²) < 4.78 is 34.8. The van der Waals surface area contributed by atoms with Gasteiger partial charge in [-0.15, -0.1) is 11.3 Å². The number of amides is 3. The number of sulfone groups is 1. The molecule has 1 saturated heterocycles. The minimum atomic E-state index is -3.37. The van der Waals surface area contributed by atoms with Crippen molar-refractivity contribution in [2.75, 3.05) is 44.4 Å². The highest BCUT2D eigenvalue weighted by molar-refractivity contribution is 7.90. The van der Waals surface area contributed by atoms with Gasteiger partial charge >= 0.3 is 6.09 Å². The normalized spacial score (nSPS) is 13.3. The molecule has 46 heavy (non-hydrogen) atoms. The van der Waals surface area contributed by atoms with Crippen molar-refractivity contribution < 1.29 is 32.3 Å². The van der Waals surface area contributed by atoms with Gasteiger partial charge in [0.1, 0.15) is 11.5 Å². The predicted octanol–water partition coefficient (Wildman–Crippen LogP) is 4.80. The smallest absolute Gasteiger partial charge is 0.409 e. The van der Waals surface area contributed by atoms with Crippen LogP contribution in [0.15, 0.2) is 71.1 Å². The van der Waals surface area contributed by atoms with Gasteiger partial charge in [-0.1, -0.05) is 6.07 Å². The second kappa shape index (κ2) is 14.1. The molecule has 3 heterocycles. The number of pyridine rings is 1. The predicted molar refractivity (Wildman–Crippen MR) is 173 cm³/mol. The zero-order chi connectivity index (χ0) is 32.8. The van der Waals surface area contributed by atoms with Crippen LogP contribution in [0.4, 0.5) is 9.93 Å². The lowest BCUT2D eigenvalue weighted by Gasteiger charge is -2.34. The molecule has 4 aromatic rings. The molecule has 3 amide bonds. The Balaban J connectivity index is 1.29. The number of ether oxygens (including phenoxy) is 2. The van der Waals surface area contributed by atoms with E-state index in [1.54, 1.807) is 58.6 Å². The Morgan fingerprint density at radius 2 is 1.70 bits per heavy atom. The van der Waals surface area contributed by atoms with E-state index in [1.165, 1.54) is 23.5 Å². The molecule has 0 atom stereocenters. The average molecular weight is 664 g/mol. The van der Waals surface area contributed by atoms with Crippen LogP contribution < -0.4 is 10.1 Å². The van der Waals surface area contributed by atoms with Crippen LogP contribution in [0.5, 0.6) is 11.5 Å². The molecular weight excluding hydrogens is 631 g/mol. The number of aryl methyl sites for hydroxylation is 1. The Morgan fingerprint density at radius 1 is 0.978 bits per heavy atom. The molecule has 2 aromatic carbocycles. The number of rotatable bonds is 9. The van der Waals surface area contributed by atoms with Crippen molar-refractivity contribution >= 4 is 44.2 Å². The molecule has 240 valence electrons. The summed E-state index contributed by atoms with van der Waals surface area (Å²) in [5, 5.41) is 4.87. The third-order valence-corrected chi connectivity index (χ3v) is 9.14. The van der Waals surface area contributed by atoms with Crippen molar-refractivity contribution in [3.63, 3.8) is 0 Å². The number of carbonyl (C=O) groups excluding carboxylic acids is 3. The van der Waals surface area contributed by atoms with Crippen molar-refractivity contribution in [1.82, 2.24) is 19.8 Å². The third-order valence-electron chi connectivity index (χ3n) is 7.20. The molecule has 1 aliphatic rings. The Hall–Kier alpha value is -4.82. The Bertz CT molecular complexity index is 1850. The lowest BCUT2D eigenvalue weighted by atomic mass is 10.0. The number of thiazole rings is 1. The summed E-state index contributed by atoms with van der Waals surface area (Å²) in [5.74, 6) is 0.199. The highest BCUT2D eigenvalue weighted by atomic mass is 32.2. The highest BCUT2D eigenvalue weighted by Gasteiger charge is 2.25. The second-order valence-electron chi connectivity index (χ2n) is 10.6. The SMILES string of the molecule is CCOC(=O)N1CCN(C(=O)Cc2csc(NC(=O)c3cc(Oc4ccc(S(C)(=O)=O)cc4)cc(-c4ncccc4C)c3)n2)CC1. The number of nitrogens with zero attached hydrogens (tertiary/aromatic N) is 4. The fourth-order valence-electron chi connectivity index (χ4n) is 4.84. The average Bonchev–Trinajstić information content (AvgIpc) is 3.47. The van der Waals surface area contributed by atoms with Gasteiger partial charge in [-0.05, 0) is 67.9 Å². The summed E-state index contributed by atoms with van der Waals surface area (Å²) in [6.07, 6.45) is 2.48. The van der Waals surface area contributed by atoms with Gasteiger partial charge in [0.15, 0.2) is 15.0 Å². The summed E-state index contributed by atoms with van der Waals surface area (Å²) in [5.41, 5.74) is 3.05. The van der Waals surface area contributed by atoms with Crippen molar-refractivity contribution in [1.29, 1.82) is 0 Å². The van der Waals surface area contributed by atoms with Crippen molar-refractivity contribution in [3.05, 3.63) is 83.0 Å². The maximum absolute atomic E-state index is 13.4. The Morgan fingerprint density at radius 3 is 2.37 bits per heavy atom. The standard InChI is InChI=1S/C32H33N5O7S2/c1-4-43-32(40)37-14-12-36(13-15-37)28(38)19-24-20-45-31(34-24)35-30(39)23-16-22(29-21(2)6-5-11-33-29)17-26(18-23)44-25-7-9-27(10-8-25)46(3,41)42/h5-11,16-18,20H,4,12-15,19H2,1-3H3,(H,34,35,39). The molecule has 2 aromatic heterocycles. The Kier molecular flexibility index (Phi) is 9.97. The summed E-state index contributed by atoms with van der Waals surface area (Å²) in [7, 11) is -3.37. The monoisotopic (exact) mass is 663 g/mol. The van der Waals surface area contributed by atoms with Gasteiger partial charge in [0.05, 0.1) is 29.3 Å². The maximum atomic E-state index is 13.4. The van der Waals surface area contributed by atoms with E-state index < -0.39 is 15.7 Å². The lowest BCUT2D eigenvalue weighted by molar-refractivity contribution is -0.132. The van der Waals surface area contributed by atoms with E-state index in [1.807, 2.05) is 19.1 Å². The molecule has 0 saturated carbocycles. The number of anilines is 1. The van der Waals surface area contributed by atoms with E-state index in [0.717, 1.165) is 11.8 Å². The molecule has 0 bridgehead atoms. The first-order chi connectivity index (χ1) is 22.0. The van der Waals surface area contributed by atoms with Gasteiger partial charge in [-0.2, -0.15) is 0 Å². The van der Waals surface area contributed by atoms with Crippen molar-refractivity contribution in [3.8, 4) is 22.8 Å². The molecule has 0 spiro atoms. The first-order valence-electron chi connectivity index (χ1n) is 14.5. The molecule has 0 aliphatic carbocycles. The molecule has 1 N–H and O–H groups in total. The zero-order valence-corrected chi connectivity index (χ0v) is 27.2. The van der Waals surface area contributed by atoms with Gasteiger partial charge in [-0.25, -0.2) is 18.2 Å². The molecule has 0 radical (unpaired) electrons. The molecule has 0 unspecified atom stereocenters. The highest BCUT2D eigenvalue weighted by Crippen LogP contribution is 2.31. The number of carbonyl (C=O) groups is 3. The van der Waals surface area contributed by atoms with Crippen molar-refractivity contribution in [2.45, 2.75) is 25.2 Å². The molecule has 14 heteroatoms. The number of benzene rings is 2. The van der Waals surface area contributed by atoms with Gasteiger partial charge in [0.2, 0.25) is 5.91 Å². The maximum Gasteiger partial charge on any atom is 0.409 e. The van der Waals surface area contributed by atoms with Crippen LogP contribution in [0.2, 0.25) is 0 Å². The third kappa shape index (κ3) is 8.06. The molecule has 5 rings (SSSR count). The van der Waals surface area contributed by atoms with Gasteiger partial charge in [-0.3, -0.25) is 19.9 Å². The zero-order valence-electron chi connectivity index (χ0n) is 25.6. The second-order valence-corrected chi connectivity index (χ2v) is 13.5. The first kappa shape index (κ1) is 32.6. The van der Waals surface area contributed by atoms with E-state index in [9.17, 15) is 22.8 Å². The lowest BCUT2D eigenvalue weighted by Crippen LogP contribution is -2.51. The van der Waals surface area contributed by atoms with E-state index in [0.29, 0.717) is 66.4 Å². The summed E-state index contributed by atoms with van der Waals surface area (Å²) >= 11 is 1.21. The molecule has 1 aliphatic heterocycles. The Labute approximate surface area is 270 Å². The van der Waals surface area contributed by atoms with Gasteiger partial charge < -0.3 is 19.3 Å². The van der Waals surface area contributed by atoms with Crippen LogP contribution >= 0.6 is 11.3 Å². The minimum Gasteiger partial charge on any atom is -0.457 e. The number of hydrogen-bond acceptors (Lipinski definition) is 10. The topological polar surface area (TPSA) is 148 Å². The van der Waals surface area contributed by atoms with Crippen molar-refractivity contribution in [2.24, 2.45) is 0 Å². The number of piperazine rings is 1. The summed E-state index contributed by atoms with van der Waals surface area (Å²) in [6.45, 7) is 5.58. The molecule has 12 nitrogen and oxygen atoms in total. The summed E-state index contributed by atoms with van der Waals surface area (Å²) in [6, 6.07) is 14.8. The van der Waals surface area contributed by atoms with Crippen LogP contribution in [0, 0.1) is 6.92 Å². The number of hydrogen-bond donors (Lipinski definition) is 1. The van der Waals surface area contributed by atoms with Crippen LogP contribution in [0.3, 0.4) is 0 Å². The van der Waals surface area contributed by atoms with E-state index in [4.69, 9.17) is 9.47 Å². The van der Waals surface area contributed by atoms with Crippen LogP contribution in [-0.2, 0) is 25.8 Å². The number of aromatic nitrogens is 2. The molecule has 1 fully saturated rings. The first-order valence-corrected chi connectivity index (χ1v) is 17.3. The fraction of sp³-hybridized carbons (Fsp3) is 0.281.